The summed E-state index contributed by atoms with van der Waals surface area (Å²) in [6.45, 7) is -0.307. The van der Waals surface area contributed by atoms with Gasteiger partial charge < -0.3 is 10.3 Å². The van der Waals surface area contributed by atoms with Gasteiger partial charge in [-0.25, -0.2) is 4.98 Å². The van der Waals surface area contributed by atoms with E-state index in [2.05, 4.69) is 15.3 Å². The number of H-pyrrole nitrogens is 1. The molecule has 0 saturated heterocycles. The Morgan fingerprint density at radius 3 is 3.00 bits per heavy atom. The maximum atomic E-state index is 12.0. The number of fused-ring (bicyclic) bond motifs is 1. The first-order valence-corrected chi connectivity index (χ1v) is 6.02. The van der Waals surface area contributed by atoms with Crippen LogP contribution in [0.4, 0.5) is 0 Å². The van der Waals surface area contributed by atoms with E-state index >= 15 is 0 Å². The van der Waals surface area contributed by atoms with E-state index in [0.29, 0.717) is 11.0 Å². The van der Waals surface area contributed by atoms with Crippen LogP contribution in [-0.4, -0.2) is 38.7 Å². The summed E-state index contributed by atoms with van der Waals surface area (Å²) < 4.78 is 1.20. The van der Waals surface area contributed by atoms with Crippen molar-refractivity contribution in [2.24, 2.45) is 0 Å². The van der Waals surface area contributed by atoms with Crippen LogP contribution in [0.3, 0.4) is 0 Å². The van der Waals surface area contributed by atoms with Crippen molar-refractivity contribution in [3.8, 4) is 0 Å². The minimum Gasteiger partial charge on any atom is -0.348 e. The maximum absolute atomic E-state index is 12.0. The maximum Gasteiger partial charge on any atom is 0.263 e. The van der Waals surface area contributed by atoms with Gasteiger partial charge in [-0.2, -0.15) is 0 Å². The van der Waals surface area contributed by atoms with E-state index in [4.69, 9.17) is 11.6 Å². The quantitative estimate of drug-likeness (QED) is 0.733. The molecule has 2 aromatic rings. The predicted molar refractivity (Wildman–Crippen MR) is 69.1 cm³/mol. The number of nitrogens with one attached hydrogen (secondary N) is 2. The van der Waals surface area contributed by atoms with Gasteiger partial charge in [0.1, 0.15) is 17.9 Å². The second kappa shape index (κ2) is 5.66. The molecule has 0 spiro atoms. The number of nitrogens with zero attached hydrogens (tertiary/aromatic N) is 2. The summed E-state index contributed by atoms with van der Waals surface area (Å²) in [5.74, 6) is -0.941. The van der Waals surface area contributed by atoms with Gasteiger partial charge >= 0.3 is 0 Å². The molecule has 8 heteroatoms. The van der Waals surface area contributed by atoms with Gasteiger partial charge in [0.15, 0.2) is 5.78 Å². The van der Waals surface area contributed by atoms with Crippen LogP contribution in [0.15, 0.2) is 23.4 Å². The Morgan fingerprint density at radius 2 is 2.26 bits per heavy atom. The van der Waals surface area contributed by atoms with Crippen LogP contribution in [0.25, 0.3) is 11.0 Å². The minimum absolute atomic E-state index is 0.143. The molecule has 0 unspecified atom stereocenters. The molecule has 0 radical (unpaired) electrons. The van der Waals surface area contributed by atoms with E-state index in [1.54, 1.807) is 12.3 Å². The van der Waals surface area contributed by atoms with Crippen LogP contribution in [0.2, 0.25) is 0 Å². The summed E-state index contributed by atoms with van der Waals surface area (Å²) in [5.41, 5.74) is 0.174. The number of aromatic nitrogens is 3. The largest absolute Gasteiger partial charge is 0.348 e. The van der Waals surface area contributed by atoms with Crippen LogP contribution in [0.5, 0.6) is 0 Å². The van der Waals surface area contributed by atoms with Gasteiger partial charge in [-0.3, -0.25) is 19.0 Å². The van der Waals surface area contributed by atoms with E-state index in [0.717, 1.165) is 0 Å². The number of hydrogen-bond donors (Lipinski definition) is 2. The fourth-order valence-electron chi connectivity index (χ4n) is 1.58. The molecule has 7 nitrogen and oxygen atoms in total. The van der Waals surface area contributed by atoms with Gasteiger partial charge in [0.05, 0.1) is 18.5 Å². The summed E-state index contributed by atoms with van der Waals surface area (Å²) in [7, 11) is 0. The van der Waals surface area contributed by atoms with Crippen molar-refractivity contribution in [2.45, 2.75) is 6.54 Å². The number of ketones is 1. The smallest absolute Gasteiger partial charge is 0.263 e. The Balaban J connectivity index is 2.09. The van der Waals surface area contributed by atoms with Crippen molar-refractivity contribution in [3.05, 3.63) is 28.9 Å². The van der Waals surface area contributed by atoms with Gasteiger partial charge in [0.2, 0.25) is 5.91 Å². The van der Waals surface area contributed by atoms with Crippen LogP contribution >= 0.6 is 11.6 Å². The Kier molecular flexibility index (Phi) is 3.96. The number of aromatic amines is 1. The highest BCUT2D eigenvalue weighted by atomic mass is 35.5. The number of carbonyl (C=O) groups is 2. The number of amides is 1. The standard InChI is InChI=1S/C11H11ClN4O3/c12-3-9(18)14-4-7(17)5-16-6-15-10-8(11(16)19)1-2-13-10/h1-2,6,13H,3-5H2,(H,14,18). The lowest BCUT2D eigenvalue weighted by Gasteiger charge is -2.05. The molecule has 0 atom stereocenters. The second-order valence-electron chi connectivity index (χ2n) is 3.87. The number of halogens is 1. The molecule has 0 aromatic carbocycles. The van der Waals surface area contributed by atoms with Crippen LogP contribution in [0, 0.1) is 0 Å². The summed E-state index contributed by atoms with van der Waals surface area (Å²) >= 11 is 5.28. The van der Waals surface area contributed by atoms with Gasteiger partial charge in [-0.15, -0.1) is 11.6 Å². The monoisotopic (exact) mass is 282 g/mol. The fraction of sp³-hybridized carbons (Fsp3) is 0.273. The van der Waals surface area contributed by atoms with Crippen LogP contribution in [-0.2, 0) is 16.1 Å². The number of carbonyl (C=O) groups excluding carboxylic acids is 2. The van der Waals surface area contributed by atoms with Crippen molar-refractivity contribution >= 4 is 34.3 Å². The van der Waals surface area contributed by atoms with Crippen molar-refractivity contribution in [1.29, 1.82) is 0 Å². The van der Waals surface area contributed by atoms with Crippen molar-refractivity contribution in [1.82, 2.24) is 19.9 Å². The molecule has 2 aromatic heterocycles. The Hall–Kier alpha value is -2.15. The average Bonchev–Trinajstić information content (AvgIpc) is 2.88. The molecule has 1 amide bonds. The predicted octanol–water partition coefficient (Wildman–Crippen LogP) is -0.351. The van der Waals surface area contributed by atoms with E-state index in [-0.39, 0.29) is 30.3 Å². The van der Waals surface area contributed by atoms with E-state index in [1.165, 1.54) is 10.9 Å². The highest BCUT2D eigenvalue weighted by molar-refractivity contribution is 6.27. The zero-order chi connectivity index (χ0) is 13.8. The summed E-state index contributed by atoms with van der Waals surface area (Å²) in [6, 6.07) is 1.60. The molecular formula is C11H11ClN4O3. The Labute approximate surface area is 112 Å². The molecule has 0 fully saturated rings. The first kappa shape index (κ1) is 13.3. The summed E-state index contributed by atoms with van der Waals surface area (Å²) in [6.07, 6.45) is 2.90. The topological polar surface area (TPSA) is 96.8 Å². The third-order valence-corrected chi connectivity index (χ3v) is 2.74. The fourth-order valence-corrected chi connectivity index (χ4v) is 1.67. The zero-order valence-electron chi connectivity index (χ0n) is 9.85. The number of rotatable bonds is 5. The van der Waals surface area contributed by atoms with Gasteiger partial charge in [0.25, 0.3) is 5.56 Å². The molecule has 2 heterocycles. The van der Waals surface area contributed by atoms with E-state index < -0.39 is 5.91 Å². The SMILES string of the molecule is O=C(CNC(=O)CCl)Cn1cnc2[nH]ccc2c1=O. The van der Waals surface area contributed by atoms with Crippen LogP contribution < -0.4 is 10.9 Å². The minimum atomic E-state index is -0.429. The number of hydrogen-bond acceptors (Lipinski definition) is 4. The highest BCUT2D eigenvalue weighted by Crippen LogP contribution is 2.01. The Bertz CT molecular complexity index is 676. The molecule has 0 aliphatic heterocycles. The summed E-state index contributed by atoms with van der Waals surface area (Å²) in [4.78, 5) is 41.3. The van der Waals surface area contributed by atoms with Gasteiger partial charge in [-0.1, -0.05) is 0 Å². The highest BCUT2D eigenvalue weighted by Gasteiger charge is 2.09. The van der Waals surface area contributed by atoms with Crippen molar-refractivity contribution in [3.63, 3.8) is 0 Å². The molecule has 0 aliphatic carbocycles. The lowest BCUT2D eigenvalue weighted by molar-refractivity contribution is -0.124. The molecule has 2 N–H and O–H groups in total. The zero-order valence-corrected chi connectivity index (χ0v) is 10.6. The molecule has 19 heavy (non-hydrogen) atoms. The average molecular weight is 283 g/mol. The van der Waals surface area contributed by atoms with E-state index in [9.17, 15) is 14.4 Å². The first-order valence-electron chi connectivity index (χ1n) is 5.48. The lowest BCUT2D eigenvalue weighted by atomic mass is 10.3. The van der Waals surface area contributed by atoms with Crippen molar-refractivity contribution < 1.29 is 9.59 Å². The summed E-state index contributed by atoms with van der Waals surface area (Å²) in [5, 5.41) is 2.76. The van der Waals surface area contributed by atoms with Gasteiger partial charge in [-0.05, 0) is 6.07 Å². The molecule has 0 aliphatic rings. The Morgan fingerprint density at radius 1 is 1.47 bits per heavy atom. The van der Waals surface area contributed by atoms with Crippen molar-refractivity contribution in [2.75, 3.05) is 12.4 Å². The van der Waals surface area contributed by atoms with Crippen LogP contribution in [0.1, 0.15) is 0 Å². The molecular weight excluding hydrogens is 272 g/mol. The van der Waals surface area contributed by atoms with E-state index in [1.807, 2.05) is 0 Å². The molecule has 0 bridgehead atoms. The van der Waals surface area contributed by atoms with Gasteiger partial charge in [0, 0.05) is 6.20 Å². The molecule has 0 saturated carbocycles. The first-order chi connectivity index (χ1) is 9.11. The normalized spacial score (nSPS) is 10.6. The lowest BCUT2D eigenvalue weighted by Crippen LogP contribution is -2.34. The number of alkyl halides is 1. The molecule has 2 rings (SSSR count). The third-order valence-electron chi connectivity index (χ3n) is 2.49. The molecule has 100 valence electrons. The third kappa shape index (κ3) is 3.00. The second-order valence-corrected chi connectivity index (χ2v) is 4.13. The number of Topliss-reactive ketones (excluding diaryl/α,β-unsaturated/α-hetero) is 1.